The molecule has 0 saturated carbocycles. The highest BCUT2D eigenvalue weighted by Crippen LogP contribution is 2.26. The van der Waals surface area contributed by atoms with Crippen LogP contribution in [0.5, 0.6) is 0 Å². The maximum atomic E-state index is 13.8. The lowest BCUT2D eigenvalue weighted by Crippen LogP contribution is -2.32. The van der Waals surface area contributed by atoms with Crippen LogP contribution in [0.1, 0.15) is 17.5 Å². The van der Waals surface area contributed by atoms with Crippen molar-refractivity contribution in [2.75, 3.05) is 22.4 Å². The Morgan fingerprint density at radius 3 is 2.69 bits per heavy atom. The van der Waals surface area contributed by atoms with Crippen LogP contribution in [0.3, 0.4) is 0 Å². The summed E-state index contributed by atoms with van der Waals surface area (Å²) >= 11 is 0. The van der Waals surface area contributed by atoms with E-state index in [4.69, 9.17) is 0 Å². The van der Waals surface area contributed by atoms with Gasteiger partial charge in [0.1, 0.15) is 5.82 Å². The zero-order valence-corrected chi connectivity index (χ0v) is 16.9. The molecule has 0 aromatic heterocycles. The molecule has 1 aliphatic rings. The lowest BCUT2D eigenvalue weighted by molar-refractivity contribution is -0.126. The highest BCUT2D eigenvalue weighted by atomic mass is 32.2. The Bertz CT molecular complexity index is 1060. The number of nitrogens with zero attached hydrogens (tertiary/aromatic N) is 1. The molecule has 1 saturated heterocycles. The van der Waals surface area contributed by atoms with Gasteiger partial charge in [0.2, 0.25) is 21.8 Å². The largest absolute Gasteiger partial charge is 0.352 e. The van der Waals surface area contributed by atoms with Crippen LogP contribution in [0.2, 0.25) is 0 Å². The van der Waals surface area contributed by atoms with Crippen LogP contribution in [0.15, 0.2) is 42.5 Å². The van der Waals surface area contributed by atoms with Gasteiger partial charge in [-0.3, -0.25) is 14.3 Å². The zero-order valence-electron chi connectivity index (χ0n) is 16.1. The summed E-state index contributed by atoms with van der Waals surface area (Å²) in [5.74, 6) is -1.45. The molecule has 7 nitrogen and oxygen atoms in total. The molecule has 1 atom stereocenters. The molecule has 2 aromatic carbocycles. The van der Waals surface area contributed by atoms with Gasteiger partial charge in [-0.05, 0) is 42.3 Å². The summed E-state index contributed by atoms with van der Waals surface area (Å²) in [5.41, 5.74) is 2.05. The molecule has 9 heteroatoms. The van der Waals surface area contributed by atoms with Gasteiger partial charge in [-0.25, -0.2) is 12.8 Å². The SMILES string of the molecule is Cc1ccc(N2CC(C(=O)NCc3cccc(NS(C)(=O)=O)c3)CC2=O)cc1F. The van der Waals surface area contributed by atoms with E-state index in [9.17, 15) is 22.4 Å². The van der Waals surface area contributed by atoms with Gasteiger partial charge in [0.05, 0.1) is 12.2 Å². The summed E-state index contributed by atoms with van der Waals surface area (Å²) in [6, 6.07) is 11.2. The number of anilines is 2. The lowest BCUT2D eigenvalue weighted by atomic mass is 10.1. The van der Waals surface area contributed by atoms with Crippen LogP contribution < -0.4 is 14.9 Å². The number of carbonyl (C=O) groups is 2. The Balaban J connectivity index is 1.61. The summed E-state index contributed by atoms with van der Waals surface area (Å²) in [7, 11) is -3.39. The van der Waals surface area contributed by atoms with E-state index in [2.05, 4.69) is 10.0 Å². The average Bonchev–Trinajstić information content (AvgIpc) is 3.03. The van der Waals surface area contributed by atoms with Gasteiger partial charge in [0.15, 0.2) is 0 Å². The smallest absolute Gasteiger partial charge is 0.229 e. The van der Waals surface area contributed by atoms with E-state index < -0.39 is 21.8 Å². The van der Waals surface area contributed by atoms with Crippen molar-refractivity contribution in [2.45, 2.75) is 19.9 Å². The lowest BCUT2D eigenvalue weighted by Gasteiger charge is -2.17. The molecule has 2 N–H and O–H groups in total. The molecule has 0 spiro atoms. The van der Waals surface area contributed by atoms with Crippen LogP contribution in [-0.4, -0.2) is 33.0 Å². The maximum Gasteiger partial charge on any atom is 0.229 e. The van der Waals surface area contributed by atoms with E-state index in [1.165, 1.54) is 11.0 Å². The van der Waals surface area contributed by atoms with Crippen molar-refractivity contribution >= 4 is 33.2 Å². The van der Waals surface area contributed by atoms with E-state index in [0.29, 0.717) is 22.5 Å². The first-order chi connectivity index (χ1) is 13.6. The van der Waals surface area contributed by atoms with Crippen molar-refractivity contribution in [3.8, 4) is 0 Å². The molecule has 3 rings (SSSR count). The van der Waals surface area contributed by atoms with Crippen molar-refractivity contribution in [1.82, 2.24) is 5.32 Å². The molecule has 0 aliphatic carbocycles. The Labute approximate surface area is 169 Å². The third-order valence-electron chi connectivity index (χ3n) is 4.66. The van der Waals surface area contributed by atoms with Gasteiger partial charge in [0.25, 0.3) is 0 Å². The molecule has 2 amide bonds. The predicted octanol–water partition coefficient (Wildman–Crippen LogP) is 2.17. The van der Waals surface area contributed by atoms with Crippen molar-refractivity contribution in [1.29, 1.82) is 0 Å². The van der Waals surface area contributed by atoms with Gasteiger partial charge in [-0.1, -0.05) is 18.2 Å². The number of rotatable bonds is 6. The number of nitrogens with one attached hydrogen (secondary N) is 2. The first-order valence-corrected chi connectivity index (χ1v) is 10.9. The van der Waals surface area contributed by atoms with Gasteiger partial charge >= 0.3 is 0 Å². The maximum absolute atomic E-state index is 13.8. The molecule has 29 heavy (non-hydrogen) atoms. The van der Waals surface area contributed by atoms with Crippen molar-refractivity contribution in [3.63, 3.8) is 0 Å². The fourth-order valence-corrected chi connectivity index (χ4v) is 3.73. The van der Waals surface area contributed by atoms with Gasteiger partial charge in [0, 0.05) is 30.9 Å². The monoisotopic (exact) mass is 419 g/mol. The Kier molecular flexibility index (Phi) is 5.88. The highest BCUT2D eigenvalue weighted by Gasteiger charge is 2.35. The summed E-state index contributed by atoms with van der Waals surface area (Å²) < 4.78 is 38.8. The number of sulfonamides is 1. The molecule has 0 bridgehead atoms. The van der Waals surface area contributed by atoms with Crippen LogP contribution in [0.25, 0.3) is 0 Å². The number of hydrogen-bond donors (Lipinski definition) is 2. The number of hydrogen-bond acceptors (Lipinski definition) is 4. The summed E-state index contributed by atoms with van der Waals surface area (Å²) in [4.78, 5) is 26.2. The summed E-state index contributed by atoms with van der Waals surface area (Å²) in [5, 5.41) is 2.77. The molecule has 1 heterocycles. The molecular formula is C20H22FN3O4S. The Morgan fingerprint density at radius 2 is 2.00 bits per heavy atom. The quantitative estimate of drug-likeness (QED) is 0.750. The van der Waals surface area contributed by atoms with E-state index in [-0.39, 0.29) is 31.3 Å². The van der Waals surface area contributed by atoms with E-state index in [1.54, 1.807) is 43.3 Å². The summed E-state index contributed by atoms with van der Waals surface area (Å²) in [6.07, 6.45) is 1.11. The molecule has 154 valence electrons. The summed E-state index contributed by atoms with van der Waals surface area (Å²) in [6.45, 7) is 2.02. The normalized spacial score (nSPS) is 16.7. The van der Waals surface area contributed by atoms with Gasteiger partial charge < -0.3 is 10.2 Å². The topological polar surface area (TPSA) is 95.6 Å². The van der Waals surface area contributed by atoms with Crippen LogP contribution in [0, 0.1) is 18.7 Å². The standard InChI is InChI=1S/C20H22FN3O4S/c1-13-6-7-17(10-18(13)21)24-12-15(9-19(24)25)20(26)22-11-14-4-3-5-16(8-14)23-29(2,27)28/h3-8,10,15,23H,9,11-12H2,1-2H3,(H,22,26). The minimum atomic E-state index is -3.39. The molecular weight excluding hydrogens is 397 g/mol. The van der Waals surface area contributed by atoms with Gasteiger partial charge in [-0.15, -0.1) is 0 Å². The second-order valence-electron chi connectivity index (χ2n) is 7.13. The number of halogens is 1. The molecule has 0 radical (unpaired) electrons. The van der Waals surface area contributed by atoms with E-state index in [0.717, 1.165) is 6.26 Å². The number of carbonyl (C=O) groups excluding carboxylic acids is 2. The molecule has 2 aromatic rings. The van der Waals surface area contributed by atoms with Crippen LogP contribution in [-0.2, 0) is 26.2 Å². The molecule has 1 fully saturated rings. The number of benzene rings is 2. The average molecular weight is 419 g/mol. The second-order valence-corrected chi connectivity index (χ2v) is 8.88. The number of aryl methyl sites for hydroxylation is 1. The van der Waals surface area contributed by atoms with Crippen molar-refractivity contribution in [3.05, 3.63) is 59.4 Å². The van der Waals surface area contributed by atoms with Gasteiger partial charge in [-0.2, -0.15) is 0 Å². The van der Waals surface area contributed by atoms with E-state index >= 15 is 0 Å². The molecule has 1 aliphatic heterocycles. The first kappa shape index (κ1) is 20.8. The third kappa shape index (κ3) is 5.32. The van der Waals surface area contributed by atoms with Crippen LogP contribution in [0.4, 0.5) is 15.8 Å². The highest BCUT2D eigenvalue weighted by molar-refractivity contribution is 7.92. The van der Waals surface area contributed by atoms with Crippen molar-refractivity contribution in [2.24, 2.45) is 5.92 Å². The fourth-order valence-electron chi connectivity index (χ4n) is 3.17. The Morgan fingerprint density at radius 1 is 1.24 bits per heavy atom. The minimum Gasteiger partial charge on any atom is -0.352 e. The second kappa shape index (κ2) is 8.20. The minimum absolute atomic E-state index is 0.0526. The van der Waals surface area contributed by atoms with E-state index in [1.807, 2.05) is 0 Å². The predicted molar refractivity (Wildman–Crippen MR) is 108 cm³/mol. The zero-order chi connectivity index (χ0) is 21.2. The van der Waals surface area contributed by atoms with Crippen molar-refractivity contribution < 1.29 is 22.4 Å². The molecule has 1 unspecified atom stereocenters. The fraction of sp³-hybridized carbons (Fsp3) is 0.300. The van der Waals surface area contributed by atoms with Crippen LogP contribution >= 0.6 is 0 Å². The Hall–Kier alpha value is -2.94. The third-order valence-corrected chi connectivity index (χ3v) is 5.27. The number of amides is 2. The first-order valence-electron chi connectivity index (χ1n) is 9.03.